The molecule has 7 nitrogen and oxygen atoms in total. The normalized spacial score (nSPS) is 9.95. The van der Waals surface area contributed by atoms with Gasteiger partial charge in [0.15, 0.2) is 5.13 Å². The topological polar surface area (TPSA) is 97.2 Å². The molecule has 0 aliphatic heterocycles. The summed E-state index contributed by atoms with van der Waals surface area (Å²) in [4.78, 5) is 25.2. The van der Waals surface area contributed by atoms with Crippen molar-refractivity contribution in [1.82, 2.24) is 4.98 Å². The number of halogens is 1. The molecule has 2 N–H and O–H groups in total. The van der Waals surface area contributed by atoms with E-state index in [1.54, 1.807) is 5.38 Å². The van der Waals surface area contributed by atoms with Crippen molar-refractivity contribution < 1.29 is 14.1 Å². The summed E-state index contributed by atoms with van der Waals surface area (Å²) in [6.07, 6.45) is 1.49. The lowest BCUT2D eigenvalue weighted by molar-refractivity contribution is -0.384. The van der Waals surface area contributed by atoms with Crippen LogP contribution in [0.3, 0.4) is 0 Å². The molecule has 0 unspecified atom stereocenters. The third-order valence-electron chi connectivity index (χ3n) is 2.06. The van der Waals surface area contributed by atoms with Gasteiger partial charge >= 0.3 is 6.03 Å². The van der Waals surface area contributed by atoms with Crippen LogP contribution in [0, 0.1) is 15.9 Å². The van der Waals surface area contributed by atoms with Gasteiger partial charge in [-0.25, -0.2) is 14.2 Å². The zero-order valence-corrected chi connectivity index (χ0v) is 10.1. The van der Waals surface area contributed by atoms with E-state index in [1.165, 1.54) is 17.5 Å². The fourth-order valence-corrected chi connectivity index (χ4v) is 1.78. The lowest BCUT2D eigenvalue weighted by atomic mass is 10.2. The van der Waals surface area contributed by atoms with Gasteiger partial charge in [0, 0.05) is 23.7 Å². The number of non-ortho nitro benzene ring substituents is 1. The third-order valence-corrected chi connectivity index (χ3v) is 2.75. The molecule has 1 aromatic heterocycles. The number of nitrogens with one attached hydrogen (secondary N) is 2. The molecule has 2 amide bonds. The average Bonchev–Trinajstić information content (AvgIpc) is 2.84. The summed E-state index contributed by atoms with van der Waals surface area (Å²) in [7, 11) is 0. The minimum Gasteiger partial charge on any atom is -0.305 e. The van der Waals surface area contributed by atoms with Crippen LogP contribution in [0.15, 0.2) is 29.8 Å². The van der Waals surface area contributed by atoms with Crippen molar-refractivity contribution in [2.24, 2.45) is 0 Å². The second-order valence-corrected chi connectivity index (χ2v) is 4.23. The summed E-state index contributed by atoms with van der Waals surface area (Å²) < 4.78 is 13.4. The zero-order valence-electron chi connectivity index (χ0n) is 9.29. The molecule has 0 atom stereocenters. The largest absolute Gasteiger partial charge is 0.325 e. The van der Waals surface area contributed by atoms with Gasteiger partial charge in [0.1, 0.15) is 5.82 Å². The summed E-state index contributed by atoms with van der Waals surface area (Å²) >= 11 is 1.19. The van der Waals surface area contributed by atoms with Crippen LogP contribution in [0.4, 0.5) is 25.7 Å². The fraction of sp³-hybridized carbons (Fsp3) is 0. The molecule has 98 valence electrons. The number of urea groups is 1. The Labute approximate surface area is 110 Å². The van der Waals surface area contributed by atoms with Crippen LogP contribution in [0.2, 0.25) is 0 Å². The van der Waals surface area contributed by atoms with E-state index in [0.717, 1.165) is 18.2 Å². The molecule has 1 aromatic carbocycles. The first-order chi connectivity index (χ1) is 9.06. The first-order valence-electron chi connectivity index (χ1n) is 4.97. The summed E-state index contributed by atoms with van der Waals surface area (Å²) in [6, 6.07) is 2.14. The molecule has 1 heterocycles. The van der Waals surface area contributed by atoms with Crippen LogP contribution < -0.4 is 10.6 Å². The van der Waals surface area contributed by atoms with E-state index in [1.807, 2.05) is 0 Å². The quantitative estimate of drug-likeness (QED) is 0.668. The molecule has 0 spiro atoms. The van der Waals surface area contributed by atoms with Crippen LogP contribution in [-0.2, 0) is 0 Å². The number of carbonyl (C=O) groups excluding carboxylic acids is 1. The molecular formula is C10H7FN4O3S. The van der Waals surface area contributed by atoms with E-state index >= 15 is 0 Å². The van der Waals surface area contributed by atoms with Crippen molar-refractivity contribution in [2.45, 2.75) is 0 Å². The number of nitro groups is 1. The highest BCUT2D eigenvalue weighted by Crippen LogP contribution is 2.21. The van der Waals surface area contributed by atoms with E-state index in [2.05, 4.69) is 15.6 Å². The Balaban J connectivity index is 2.11. The third kappa shape index (κ3) is 3.22. The van der Waals surface area contributed by atoms with Gasteiger partial charge in [-0.2, -0.15) is 0 Å². The summed E-state index contributed by atoms with van der Waals surface area (Å²) in [5.74, 6) is -0.764. The Hall–Kier alpha value is -2.55. The molecule has 0 radical (unpaired) electrons. The molecule has 0 aliphatic rings. The molecule has 0 bridgehead atoms. The lowest BCUT2D eigenvalue weighted by Gasteiger charge is -2.06. The van der Waals surface area contributed by atoms with E-state index in [-0.39, 0.29) is 11.4 Å². The van der Waals surface area contributed by atoms with Gasteiger partial charge in [0.2, 0.25) is 0 Å². The van der Waals surface area contributed by atoms with Gasteiger partial charge in [-0.05, 0) is 6.07 Å². The Morgan fingerprint density at radius 2 is 2.21 bits per heavy atom. The monoisotopic (exact) mass is 282 g/mol. The Bertz CT molecular complexity index is 617. The number of anilines is 2. The maximum atomic E-state index is 13.4. The van der Waals surface area contributed by atoms with Crippen molar-refractivity contribution in [1.29, 1.82) is 0 Å². The first-order valence-corrected chi connectivity index (χ1v) is 5.85. The van der Waals surface area contributed by atoms with Gasteiger partial charge in [-0.3, -0.25) is 15.4 Å². The van der Waals surface area contributed by atoms with Crippen molar-refractivity contribution in [3.8, 4) is 0 Å². The molecule has 0 saturated heterocycles. The fourth-order valence-electron chi connectivity index (χ4n) is 1.26. The molecule has 9 heteroatoms. The Morgan fingerprint density at radius 3 is 2.84 bits per heavy atom. The van der Waals surface area contributed by atoms with Gasteiger partial charge in [-0.15, -0.1) is 11.3 Å². The number of rotatable bonds is 3. The number of carbonyl (C=O) groups is 1. The number of aromatic nitrogens is 1. The SMILES string of the molecule is O=C(Nc1nccs1)Nc1cc([N+](=O)[O-])ccc1F. The molecule has 2 aromatic rings. The van der Waals surface area contributed by atoms with Gasteiger partial charge in [0.25, 0.3) is 5.69 Å². The number of nitro benzene ring substituents is 1. The van der Waals surface area contributed by atoms with Gasteiger partial charge in [0.05, 0.1) is 10.6 Å². The molecule has 2 rings (SSSR count). The van der Waals surface area contributed by atoms with Crippen LogP contribution in [0.5, 0.6) is 0 Å². The van der Waals surface area contributed by atoms with Crippen LogP contribution in [0.1, 0.15) is 0 Å². The van der Waals surface area contributed by atoms with Crippen molar-refractivity contribution in [3.05, 3.63) is 45.7 Å². The summed E-state index contributed by atoms with van der Waals surface area (Å²) in [6.45, 7) is 0. The predicted molar refractivity (Wildman–Crippen MR) is 67.8 cm³/mol. The van der Waals surface area contributed by atoms with E-state index in [0.29, 0.717) is 5.13 Å². The number of nitrogens with zero attached hydrogens (tertiary/aromatic N) is 2. The van der Waals surface area contributed by atoms with Crippen LogP contribution in [0.25, 0.3) is 0 Å². The lowest BCUT2D eigenvalue weighted by Crippen LogP contribution is -2.20. The van der Waals surface area contributed by atoms with E-state index < -0.39 is 16.8 Å². The molecule has 0 fully saturated rings. The van der Waals surface area contributed by atoms with Crippen molar-refractivity contribution in [3.63, 3.8) is 0 Å². The summed E-state index contributed by atoms with van der Waals surface area (Å²) in [5, 5.41) is 17.1. The number of thiazole rings is 1. The maximum Gasteiger partial charge on any atom is 0.325 e. The highest BCUT2D eigenvalue weighted by Gasteiger charge is 2.13. The minimum absolute atomic E-state index is 0.275. The summed E-state index contributed by atoms with van der Waals surface area (Å²) in [5.41, 5.74) is -0.589. The second-order valence-electron chi connectivity index (χ2n) is 3.34. The van der Waals surface area contributed by atoms with Crippen molar-refractivity contribution in [2.75, 3.05) is 10.6 Å². The van der Waals surface area contributed by atoms with Gasteiger partial charge in [-0.1, -0.05) is 0 Å². The number of hydrogen-bond acceptors (Lipinski definition) is 5. The predicted octanol–water partition coefficient (Wildman–Crippen LogP) is 2.83. The van der Waals surface area contributed by atoms with Crippen LogP contribution in [-0.4, -0.2) is 15.9 Å². The highest BCUT2D eigenvalue weighted by atomic mass is 32.1. The Morgan fingerprint density at radius 1 is 1.42 bits per heavy atom. The van der Waals surface area contributed by atoms with Gasteiger partial charge < -0.3 is 5.32 Å². The molecular weight excluding hydrogens is 275 g/mol. The average molecular weight is 282 g/mol. The van der Waals surface area contributed by atoms with Crippen molar-refractivity contribution >= 4 is 33.9 Å². The number of amides is 2. The number of benzene rings is 1. The minimum atomic E-state index is -0.764. The highest BCUT2D eigenvalue weighted by molar-refractivity contribution is 7.13. The molecule has 0 aliphatic carbocycles. The molecule has 0 saturated carbocycles. The first kappa shape index (κ1) is 12.9. The van der Waals surface area contributed by atoms with Crippen LogP contribution >= 0.6 is 11.3 Å². The maximum absolute atomic E-state index is 13.4. The second kappa shape index (κ2) is 5.40. The number of hydrogen-bond donors (Lipinski definition) is 2. The zero-order chi connectivity index (χ0) is 13.8. The van der Waals surface area contributed by atoms with E-state index in [9.17, 15) is 19.3 Å². The standard InChI is InChI=1S/C10H7FN4O3S/c11-7-2-1-6(15(17)18)5-8(7)13-9(16)14-10-12-3-4-19-10/h1-5H,(H2,12,13,14,16). The molecule has 19 heavy (non-hydrogen) atoms. The van der Waals surface area contributed by atoms with E-state index in [4.69, 9.17) is 0 Å². The Kier molecular flexibility index (Phi) is 3.66. The smallest absolute Gasteiger partial charge is 0.305 e.